The molecule has 0 amide bonds. The molecule has 2 heteroatoms. The molecule has 18 heavy (non-hydrogen) atoms. The highest BCUT2D eigenvalue weighted by atomic mass is 14.9. The molecule has 0 atom stereocenters. The highest BCUT2D eigenvalue weighted by Crippen LogP contribution is 2.34. The Hall–Kier alpha value is -1.57. The second-order valence-corrected chi connectivity index (χ2v) is 5.27. The quantitative estimate of drug-likeness (QED) is 0.820. The van der Waals surface area contributed by atoms with Gasteiger partial charge in [0.1, 0.15) is 0 Å². The van der Waals surface area contributed by atoms with Gasteiger partial charge in [-0.25, -0.2) is 0 Å². The highest BCUT2D eigenvalue weighted by molar-refractivity contribution is 5.95. The fraction of sp³-hybridized carbons (Fsp3) is 0.438. The number of fused-ring (bicyclic) bond motifs is 2. The van der Waals surface area contributed by atoms with Crippen molar-refractivity contribution < 1.29 is 0 Å². The SMILES string of the molecule is CNc1c2c(nc3c(C)c(C)ccc13)CCCC2. The van der Waals surface area contributed by atoms with E-state index in [9.17, 15) is 0 Å². The molecule has 1 heterocycles. The van der Waals surface area contributed by atoms with Crippen LogP contribution in [0.2, 0.25) is 0 Å². The van der Waals surface area contributed by atoms with E-state index >= 15 is 0 Å². The molecule has 1 aromatic carbocycles. The zero-order valence-electron chi connectivity index (χ0n) is 11.4. The minimum atomic E-state index is 1.13. The molecule has 0 saturated heterocycles. The van der Waals surface area contributed by atoms with E-state index in [2.05, 4.69) is 31.3 Å². The van der Waals surface area contributed by atoms with E-state index < -0.39 is 0 Å². The average Bonchev–Trinajstić information content (AvgIpc) is 2.41. The molecule has 0 saturated carbocycles. The zero-order valence-corrected chi connectivity index (χ0v) is 11.4. The molecule has 0 spiro atoms. The van der Waals surface area contributed by atoms with E-state index in [0.717, 1.165) is 6.42 Å². The number of nitrogens with one attached hydrogen (secondary N) is 1. The van der Waals surface area contributed by atoms with Crippen LogP contribution in [0.1, 0.15) is 35.2 Å². The van der Waals surface area contributed by atoms with Gasteiger partial charge in [-0.2, -0.15) is 0 Å². The lowest BCUT2D eigenvalue weighted by Crippen LogP contribution is -2.10. The Morgan fingerprint density at radius 3 is 2.67 bits per heavy atom. The number of rotatable bonds is 1. The first-order chi connectivity index (χ1) is 8.72. The Bertz CT molecular complexity index is 614. The molecule has 0 radical (unpaired) electrons. The van der Waals surface area contributed by atoms with Crippen molar-refractivity contribution >= 4 is 16.6 Å². The summed E-state index contributed by atoms with van der Waals surface area (Å²) < 4.78 is 0. The number of aryl methyl sites for hydroxylation is 3. The van der Waals surface area contributed by atoms with Crippen molar-refractivity contribution in [1.82, 2.24) is 4.98 Å². The molecule has 3 rings (SSSR count). The predicted octanol–water partition coefficient (Wildman–Crippen LogP) is 3.77. The number of pyridine rings is 1. The molecule has 1 aliphatic rings. The molecule has 1 aliphatic carbocycles. The monoisotopic (exact) mass is 240 g/mol. The van der Waals surface area contributed by atoms with Gasteiger partial charge in [-0.05, 0) is 56.2 Å². The first-order valence-electron chi connectivity index (χ1n) is 6.82. The summed E-state index contributed by atoms with van der Waals surface area (Å²) in [6.45, 7) is 4.34. The fourth-order valence-corrected chi connectivity index (χ4v) is 3.01. The maximum atomic E-state index is 4.94. The Labute approximate surface area is 108 Å². The second-order valence-electron chi connectivity index (χ2n) is 5.27. The number of anilines is 1. The van der Waals surface area contributed by atoms with Gasteiger partial charge in [0.15, 0.2) is 0 Å². The lowest BCUT2D eigenvalue weighted by Gasteiger charge is -2.21. The van der Waals surface area contributed by atoms with E-state index in [1.165, 1.54) is 58.2 Å². The number of benzene rings is 1. The van der Waals surface area contributed by atoms with E-state index in [-0.39, 0.29) is 0 Å². The van der Waals surface area contributed by atoms with Gasteiger partial charge in [0, 0.05) is 23.8 Å². The fourth-order valence-electron chi connectivity index (χ4n) is 3.01. The van der Waals surface area contributed by atoms with Gasteiger partial charge in [-0.3, -0.25) is 4.98 Å². The maximum Gasteiger partial charge on any atom is 0.0758 e. The number of aromatic nitrogens is 1. The summed E-state index contributed by atoms with van der Waals surface area (Å²) in [7, 11) is 2.03. The van der Waals surface area contributed by atoms with Crippen LogP contribution >= 0.6 is 0 Å². The number of hydrogen-bond donors (Lipinski definition) is 1. The minimum Gasteiger partial charge on any atom is -0.387 e. The standard InChI is InChI=1S/C16H20N2/c1-10-8-9-13-15(11(10)2)18-14-7-5-4-6-12(14)16(13)17-3/h8-9H,4-7H2,1-3H3,(H,17,18). The molecule has 2 nitrogen and oxygen atoms in total. The molecule has 1 N–H and O–H groups in total. The summed E-state index contributed by atoms with van der Waals surface area (Å²) in [6, 6.07) is 4.42. The Morgan fingerprint density at radius 1 is 1.11 bits per heavy atom. The van der Waals surface area contributed by atoms with Crippen molar-refractivity contribution in [3.63, 3.8) is 0 Å². The smallest absolute Gasteiger partial charge is 0.0758 e. The average molecular weight is 240 g/mol. The van der Waals surface area contributed by atoms with E-state index in [0.29, 0.717) is 0 Å². The van der Waals surface area contributed by atoms with Crippen LogP contribution in [0, 0.1) is 13.8 Å². The van der Waals surface area contributed by atoms with Crippen LogP contribution in [-0.2, 0) is 12.8 Å². The lowest BCUT2D eigenvalue weighted by atomic mass is 9.91. The molecule has 0 unspecified atom stereocenters. The van der Waals surface area contributed by atoms with Crippen molar-refractivity contribution in [2.45, 2.75) is 39.5 Å². The van der Waals surface area contributed by atoms with Crippen molar-refractivity contribution in [2.24, 2.45) is 0 Å². The third kappa shape index (κ3) is 1.59. The highest BCUT2D eigenvalue weighted by Gasteiger charge is 2.18. The topological polar surface area (TPSA) is 24.9 Å². The molecular formula is C16H20N2. The van der Waals surface area contributed by atoms with Crippen LogP contribution < -0.4 is 5.32 Å². The summed E-state index contributed by atoms with van der Waals surface area (Å²) in [5, 5.41) is 4.68. The summed E-state index contributed by atoms with van der Waals surface area (Å²) in [6.07, 6.45) is 4.87. The summed E-state index contributed by atoms with van der Waals surface area (Å²) in [5.74, 6) is 0. The number of hydrogen-bond acceptors (Lipinski definition) is 2. The van der Waals surface area contributed by atoms with Gasteiger partial charge < -0.3 is 5.32 Å². The zero-order chi connectivity index (χ0) is 12.7. The van der Waals surface area contributed by atoms with Crippen LogP contribution in [0.25, 0.3) is 10.9 Å². The minimum absolute atomic E-state index is 1.13. The summed E-state index contributed by atoms with van der Waals surface area (Å²) >= 11 is 0. The van der Waals surface area contributed by atoms with Crippen LogP contribution in [-0.4, -0.2) is 12.0 Å². The van der Waals surface area contributed by atoms with Crippen LogP contribution in [0.5, 0.6) is 0 Å². The van der Waals surface area contributed by atoms with Crippen molar-refractivity contribution in [1.29, 1.82) is 0 Å². The molecule has 94 valence electrons. The lowest BCUT2D eigenvalue weighted by molar-refractivity contribution is 0.672. The second kappa shape index (κ2) is 4.27. The molecule has 0 fully saturated rings. The maximum absolute atomic E-state index is 4.94. The summed E-state index contributed by atoms with van der Waals surface area (Å²) in [5.41, 5.74) is 7.88. The first-order valence-corrected chi connectivity index (χ1v) is 6.82. The predicted molar refractivity (Wildman–Crippen MR) is 77.4 cm³/mol. The molecule has 0 bridgehead atoms. The van der Waals surface area contributed by atoms with E-state index in [1.807, 2.05) is 7.05 Å². The van der Waals surface area contributed by atoms with Crippen LogP contribution in [0.15, 0.2) is 12.1 Å². The van der Waals surface area contributed by atoms with Crippen molar-refractivity contribution in [3.05, 3.63) is 34.5 Å². The van der Waals surface area contributed by atoms with Crippen molar-refractivity contribution in [3.8, 4) is 0 Å². The van der Waals surface area contributed by atoms with Gasteiger partial charge >= 0.3 is 0 Å². The van der Waals surface area contributed by atoms with E-state index in [4.69, 9.17) is 4.98 Å². The first kappa shape index (κ1) is 11.5. The van der Waals surface area contributed by atoms with E-state index in [1.54, 1.807) is 0 Å². The largest absolute Gasteiger partial charge is 0.387 e. The molecular weight excluding hydrogens is 220 g/mol. The molecule has 2 aromatic rings. The Morgan fingerprint density at radius 2 is 1.89 bits per heavy atom. The van der Waals surface area contributed by atoms with Crippen LogP contribution in [0.4, 0.5) is 5.69 Å². The number of nitrogens with zero attached hydrogens (tertiary/aromatic N) is 1. The van der Waals surface area contributed by atoms with Gasteiger partial charge in [0.2, 0.25) is 0 Å². The Kier molecular flexibility index (Phi) is 2.73. The molecule has 0 aliphatic heterocycles. The van der Waals surface area contributed by atoms with Gasteiger partial charge in [0.05, 0.1) is 5.52 Å². The van der Waals surface area contributed by atoms with Crippen LogP contribution in [0.3, 0.4) is 0 Å². The van der Waals surface area contributed by atoms with Gasteiger partial charge in [-0.1, -0.05) is 12.1 Å². The van der Waals surface area contributed by atoms with Gasteiger partial charge in [0.25, 0.3) is 0 Å². The van der Waals surface area contributed by atoms with Gasteiger partial charge in [-0.15, -0.1) is 0 Å². The third-order valence-corrected chi connectivity index (χ3v) is 4.21. The normalized spacial score (nSPS) is 14.6. The third-order valence-electron chi connectivity index (χ3n) is 4.21. The molecule has 1 aromatic heterocycles. The van der Waals surface area contributed by atoms with Crippen molar-refractivity contribution in [2.75, 3.05) is 12.4 Å². The Balaban J connectivity index is 2.40. The summed E-state index contributed by atoms with van der Waals surface area (Å²) in [4.78, 5) is 4.94.